The van der Waals surface area contributed by atoms with Gasteiger partial charge in [0.25, 0.3) is 0 Å². The van der Waals surface area contributed by atoms with Gasteiger partial charge in [0.15, 0.2) is 0 Å². The molecule has 1 aromatic heterocycles. The molecule has 4 heteroatoms. The lowest BCUT2D eigenvalue weighted by molar-refractivity contribution is 0.695. The van der Waals surface area contributed by atoms with Crippen molar-refractivity contribution >= 4 is 0 Å². The zero-order valence-electron chi connectivity index (χ0n) is 12.4. The quantitative estimate of drug-likeness (QED) is 0.737. The SMILES string of the molecule is CC.CCC.CCCC.Cc1nnnn1C. The first-order chi connectivity index (χ1) is 7.63. The van der Waals surface area contributed by atoms with E-state index in [0.717, 1.165) is 5.82 Å². The zero-order valence-corrected chi connectivity index (χ0v) is 12.4. The van der Waals surface area contributed by atoms with Crippen molar-refractivity contribution in [2.75, 3.05) is 0 Å². The van der Waals surface area contributed by atoms with Gasteiger partial charge in [-0.2, -0.15) is 0 Å². The maximum absolute atomic E-state index is 3.62. The lowest BCUT2D eigenvalue weighted by Crippen LogP contribution is -1.92. The fourth-order valence-electron chi connectivity index (χ4n) is 0.274. The van der Waals surface area contributed by atoms with E-state index in [9.17, 15) is 0 Å². The summed E-state index contributed by atoms with van der Waals surface area (Å²) in [6.45, 7) is 14.5. The van der Waals surface area contributed by atoms with Crippen LogP contribution in [0, 0.1) is 6.92 Å². The highest BCUT2D eigenvalue weighted by atomic mass is 15.5. The Labute approximate surface area is 101 Å². The lowest BCUT2D eigenvalue weighted by atomic mass is 10.4. The van der Waals surface area contributed by atoms with Gasteiger partial charge in [0.2, 0.25) is 0 Å². The van der Waals surface area contributed by atoms with Crippen molar-refractivity contribution in [3.8, 4) is 0 Å². The van der Waals surface area contributed by atoms with Crippen LogP contribution in [0.1, 0.15) is 66.6 Å². The smallest absolute Gasteiger partial charge is 0.147 e. The van der Waals surface area contributed by atoms with Gasteiger partial charge in [-0.25, -0.2) is 4.68 Å². The molecule has 0 saturated heterocycles. The molecule has 0 amide bonds. The Bertz CT molecular complexity index is 178. The van der Waals surface area contributed by atoms with E-state index in [1.54, 1.807) is 11.7 Å². The van der Waals surface area contributed by atoms with Crippen LogP contribution in [-0.4, -0.2) is 20.2 Å². The van der Waals surface area contributed by atoms with E-state index in [-0.39, 0.29) is 0 Å². The van der Waals surface area contributed by atoms with Gasteiger partial charge >= 0.3 is 0 Å². The summed E-state index contributed by atoms with van der Waals surface area (Å²) in [6, 6.07) is 0. The van der Waals surface area contributed by atoms with Gasteiger partial charge in [-0.15, -0.1) is 5.10 Å². The first kappa shape index (κ1) is 20.5. The second-order valence-electron chi connectivity index (χ2n) is 3.06. The topological polar surface area (TPSA) is 43.6 Å². The second kappa shape index (κ2) is 19.6. The monoisotopic (exact) mass is 230 g/mol. The molecule has 0 N–H and O–H groups in total. The molecule has 4 nitrogen and oxygen atoms in total. The molecule has 16 heavy (non-hydrogen) atoms. The molecule has 0 aromatic carbocycles. The third-order valence-corrected chi connectivity index (χ3v) is 1.33. The van der Waals surface area contributed by atoms with E-state index in [0.29, 0.717) is 0 Å². The Hall–Kier alpha value is -0.930. The van der Waals surface area contributed by atoms with Crippen molar-refractivity contribution in [1.82, 2.24) is 20.2 Å². The van der Waals surface area contributed by atoms with Crippen molar-refractivity contribution < 1.29 is 0 Å². The average Bonchev–Trinajstić information content (AvgIpc) is 2.68. The minimum absolute atomic E-state index is 0.833. The average molecular weight is 230 g/mol. The molecule has 98 valence electrons. The molecule has 0 aliphatic carbocycles. The minimum Gasteiger partial charge on any atom is -0.233 e. The molecule has 1 rings (SSSR count). The molecule has 0 aliphatic heterocycles. The Kier molecular flexibility index (Phi) is 25.1. The number of aromatic nitrogens is 4. The summed E-state index contributed by atoms with van der Waals surface area (Å²) in [7, 11) is 1.80. The summed E-state index contributed by atoms with van der Waals surface area (Å²) >= 11 is 0. The van der Waals surface area contributed by atoms with Crippen LogP contribution < -0.4 is 0 Å². The Morgan fingerprint density at radius 3 is 1.44 bits per heavy atom. The van der Waals surface area contributed by atoms with E-state index in [1.807, 2.05) is 20.8 Å². The second-order valence-corrected chi connectivity index (χ2v) is 3.06. The maximum atomic E-state index is 3.62. The van der Waals surface area contributed by atoms with Crippen molar-refractivity contribution in [1.29, 1.82) is 0 Å². The normalized spacial score (nSPS) is 7.50. The maximum Gasteiger partial charge on any atom is 0.147 e. The largest absolute Gasteiger partial charge is 0.233 e. The van der Waals surface area contributed by atoms with E-state index in [4.69, 9.17) is 0 Å². The van der Waals surface area contributed by atoms with Crippen molar-refractivity contribution in [3.63, 3.8) is 0 Å². The van der Waals surface area contributed by atoms with Crippen LogP contribution in [0.2, 0.25) is 0 Å². The molecule has 1 heterocycles. The third kappa shape index (κ3) is 18.8. The predicted octanol–water partition coefficient (Wildman–Crippen LogP) is 3.77. The van der Waals surface area contributed by atoms with Crippen LogP contribution in [0.5, 0.6) is 0 Å². The summed E-state index contributed by atoms with van der Waals surface area (Å²) < 4.78 is 1.61. The van der Waals surface area contributed by atoms with Gasteiger partial charge in [-0.05, 0) is 17.4 Å². The van der Waals surface area contributed by atoms with Crippen LogP contribution in [0.25, 0.3) is 0 Å². The van der Waals surface area contributed by atoms with Crippen LogP contribution in [0.3, 0.4) is 0 Å². The Balaban J connectivity index is -0.000000163. The van der Waals surface area contributed by atoms with Crippen LogP contribution in [-0.2, 0) is 7.05 Å². The highest BCUT2D eigenvalue weighted by Crippen LogP contribution is 1.78. The summed E-state index contributed by atoms with van der Waals surface area (Å²) in [5.41, 5.74) is 0. The Morgan fingerprint density at radius 1 is 1.00 bits per heavy atom. The fourth-order valence-corrected chi connectivity index (χ4v) is 0.274. The van der Waals surface area contributed by atoms with Crippen LogP contribution in [0.15, 0.2) is 0 Å². The molecule has 0 atom stereocenters. The fraction of sp³-hybridized carbons (Fsp3) is 0.917. The number of tetrazole rings is 1. The Morgan fingerprint density at radius 2 is 1.38 bits per heavy atom. The number of aryl methyl sites for hydroxylation is 2. The predicted molar refractivity (Wildman–Crippen MR) is 71.4 cm³/mol. The van der Waals surface area contributed by atoms with E-state index < -0.39 is 0 Å². The van der Waals surface area contributed by atoms with Crippen LogP contribution >= 0.6 is 0 Å². The number of hydrogen-bond donors (Lipinski definition) is 0. The standard InChI is InChI=1S/C4H10.C3H6N4.C3H8.C2H6/c1-3-4-2;1-3-4-5-6-7(3)2;1-3-2;1-2/h3-4H2,1-2H3;1-2H3;3H2,1-2H3;1-2H3. The van der Waals surface area contributed by atoms with E-state index >= 15 is 0 Å². The molecule has 0 aliphatic rings. The molecular formula is C12H30N4. The van der Waals surface area contributed by atoms with Crippen LogP contribution in [0.4, 0.5) is 0 Å². The van der Waals surface area contributed by atoms with Gasteiger partial charge in [-0.3, -0.25) is 0 Å². The van der Waals surface area contributed by atoms with Gasteiger partial charge in [0.05, 0.1) is 0 Å². The number of hydrogen-bond acceptors (Lipinski definition) is 3. The molecule has 0 bridgehead atoms. The number of unbranched alkanes of at least 4 members (excludes halogenated alkanes) is 1. The van der Waals surface area contributed by atoms with Crippen molar-refractivity contribution in [2.24, 2.45) is 7.05 Å². The molecular weight excluding hydrogens is 200 g/mol. The summed E-state index contributed by atoms with van der Waals surface area (Å²) in [4.78, 5) is 0. The molecule has 0 saturated carbocycles. The number of nitrogens with zero attached hydrogens (tertiary/aromatic N) is 4. The van der Waals surface area contributed by atoms with E-state index in [1.165, 1.54) is 19.3 Å². The van der Waals surface area contributed by atoms with Crippen molar-refractivity contribution in [3.05, 3.63) is 5.82 Å². The minimum atomic E-state index is 0.833. The molecule has 0 radical (unpaired) electrons. The molecule has 0 spiro atoms. The van der Waals surface area contributed by atoms with Gasteiger partial charge in [-0.1, -0.05) is 60.8 Å². The highest BCUT2D eigenvalue weighted by molar-refractivity contribution is 4.69. The first-order valence-electron chi connectivity index (χ1n) is 6.32. The van der Waals surface area contributed by atoms with E-state index in [2.05, 4.69) is 43.2 Å². The van der Waals surface area contributed by atoms with Gasteiger partial charge in [0.1, 0.15) is 5.82 Å². The van der Waals surface area contributed by atoms with Gasteiger partial charge < -0.3 is 0 Å². The molecule has 0 unspecified atom stereocenters. The highest BCUT2D eigenvalue weighted by Gasteiger charge is 1.87. The van der Waals surface area contributed by atoms with Gasteiger partial charge in [0, 0.05) is 7.05 Å². The van der Waals surface area contributed by atoms with Crippen molar-refractivity contribution in [2.45, 2.75) is 67.7 Å². The zero-order chi connectivity index (χ0) is 13.4. The molecule has 1 aromatic rings. The summed E-state index contributed by atoms with van der Waals surface area (Å²) in [6.07, 6.45) is 3.89. The third-order valence-electron chi connectivity index (χ3n) is 1.33. The first-order valence-corrected chi connectivity index (χ1v) is 6.32. The lowest BCUT2D eigenvalue weighted by Gasteiger charge is -1.81. The summed E-state index contributed by atoms with van der Waals surface area (Å²) in [5, 5.41) is 10.6. The molecule has 0 fully saturated rings. The number of rotatable bonds is 1. The summed E-state index contributed by atoms with van der Waals surface area (Å²) in [5.74, 6) is 0.833.